The smallest absolute Gasteiger partial charge is 0.362 e. The number of aromatic nitrogens is 2. The summed E-state index contributed by atoms with van der Waals surface area (Å²) in [5.41, 5.74) is -19.1. The molecule has 0 aliphatic carbocycles. The van der Waals surface area contributed by atoms with E-state index in [0.717, 1.165) is 60.9 Å². The van der Waals surface area contributed by atoms with Crippen LogP contribution >= 0.6 is 0 Å². The van der Waals surface area contributed by atoms with Gasteiger partial charge < -0.3 is 10.6 Å². The molecule has 0 bridgehead atoms. The van der Waals surface area contributed by atoms with Crippen LogP contribution in [0.15, 0.2) is 97.3 Å². The van der Waals surface area contributed by atoms with Crippen LogP contribution in [0.3, 0.4) is 0 Å². The number of hydrogen-bond acceptors (Lipinski definition) is 5. The van der Waals surface area contributed by atoms with E-state index in [0.29, 0.717) is 12.1 Å². The van der Waals surface area contributed by atoms with Crippen molar-refractivity contribution in [2.45, 2.75) is 35.8 Å². The first kappa shape index (κ1) is 34.5. The van der Waals surface area contributed by atoms with Crippen LogP contribution in [0.1, 0.15) is 33.6 Å². The number of benzene rings is 2. The van der Waals surface area contributed by atoms with Crippen LogP contribution in [-0.2, 0) is 28.2 Å². The molecule has 6 rings (SSSR count). The molecule has 0 amide bonds. The van der Waals surface area contributed by atoms with Crippen LogP contribution in [0.2, 0.25) is 0 Å². The summed E-state index contributed by atoms with van der Waals surface area (Å²) >= 11 is 0. The maximum Gasteiger partial charge on any atom is 0.420 e. The number of nitrogens with zero attached hydrogens (tertiary/aromatic N) is 2. The van der Waals surface area contributed by atoms with E-state index in [-0.39, 0.29) is 12.2 Å². The van der Waals surface area contributed by atoms with Gasteiger partial charge in [0.1, 0.15) is 0 Å². The van der Waals surface area contributed by atoms with Crippen molar-refractivity contribution in [2.75, 3.05) is 10.6 Å². The minimum atomic E-state index is -5.56. The zero-order chi connectivity index (χ0) is 36.5. The number of ketones is 1. The summed E-state index contributed by atoms with van der Waals surface area (Å²) in [6, 6.07) is 10.1. The number of pyridine rings is 2. The van der Waals surface area contributed by atoms with Gasteiger partial charge in [0.25, 0.3) is 0 Å². The summed E-state index contributed by atoms with van der Waals surface area (Å²) in [6.45, 7) is 0. The molecule has 0 fully saturated rings. The van der Waals surface area contributed by atoms with E-state index in [1.54, 1.807) is 0 Å². The maximum absolute atomic E-state index is 15.2. The Labute approximate surface area is 273 Å². The third kappa shape index (κ3) is 5.44. The molecule has 2 aliphatic heterocycles. The standard InChI is InChI=1S/C33H18F12N4O/c34-30(35,36)21-9-5-7-17-19(15-28(32(40,41)42,48-25(17)21)23-11-1-3-13-46-23)27(50)20-16-29(33(43,44)45,24-12-2-4-14-47-24)49-26-18(20)8-6-10-22(26)31(37,38)39/h1-16,48-49H. The number of rotatable bonds is 4. The fourth-order valence-corrected chi connectivity index (χ4v) is 5.93. The third-order valence-electron chi connectivity index (χ3n) is 8.21. The predicted octanol–water partition coefficient (Wildman–Crippen LogP) is 9.32. The summed E-state index contributed by atoms with van der Waals surface area (Å²) in [7, 11) is 0. The predicted molar refractivity (Wildman–Crippen MR) is 155 cm³/mol. The molecule has 0 saturated heterocycles. The van der Waals surface area contributed by atoms with Gasteiger partial charge >= 0.3 is 24.7 Å². The first-order chi connectivity index (χ1) is 23.2. The second-order valence-corrected chi connectivity index (χ2v) is 11.2. The molecule has 0 saturated carbocycles. The van der Waals surface area contributed by atoms with Crippen molar-refractivity contribution in [1.82, 2.24) is 9.97 Å². The SMILES string of the molecule is O=C(C1=CC(c2ccccn2)(C(F)(F)F)Nc2c1cccc2C(F)(F)F)C1=CC(c2ccccn2)(C(F)(F)F)Nc2c1cccc2C(F)(F)F. The second-order valence-electron chi connectivity index (χ2n) is 11.2. The zero-order valence-electron chi connectivity index (χ0n) is 24.6. The van der Waals surface area contributed by atoms with E-state index in [4.69, 9.17) is 0 Å². The van der Waals surface area contributed by atoms with Crippen LogP contribution in [0.4, 0.5) is 64.1 Å². The number of carbonyl (C=O) groups excluding carboxylic acids is 1. The van der Waals surface area contributed by atoms with Crippen molar-refractivity contribution in [3.63, 3.8) is 0 Å². The number of para-hydroxylation sites is 2. The van der Waals surface area contributed by atoms with E-state index in [2.05, 4.69) is 9.97 Å². The monoisotopic (exact) mass is 714 g/mol. The molecule has 2 aromatic carbocycles. The van der Waals surface area contributed by atoms with Crippen molar-refractivity contribution in [1.29, 1.82) is 0 Å². The summed E-state index contributed by atoms with van der Waals surface area (Å²) in [6.07, 6.45) is -19.6. The molecule has 260 valence electrons. The van der Waals surface area contributed by atoms with Gasteiger partial charge in [-0.1, -0.05) is 36.4 Å². The fourth-order valence-electron chi connectivity index (χ4n) is 5.93. The molecule has 2 aliphatic rings. The Morgan fingerprint density at radius 3 is 1.20 bits per heavy atom. The fraction of sp³-hybridized carbons (Fsp3) is 0.182. The number of halogens is 12. The average Bonchev–Trinajstić information content (AvgIpc) is 3.05. The summed E-state index contributed by atoms with van der Waals surface area (Å²) in [4.78, 5) is 21.9. The van der Waals surface area contributed by atoms with Gasteiger partial charge in [0.2, 0.25) is 0 Å². The molecule has 2 unspecified atom stereocenters. The largest absolute Gasteiger partial charge is 0.420 e. The Kier molecular flexibility index (Phi) is 7.83. The van der Waals surface area contributed by atoms with Crippen molar-refractivity contribution >= 4 is 28.3 Å². The Bertz CT molecular complexity index is 1890. The molecule has 2 aromatic heterocycles. The lowest BCUT2D eigenvalue weighted by molar-refractivity contribution is -0.170. The van der Waals surface area contributed by atoms with E-state index >= 15 is 26.3 Å². The molecule has 4 heterocycles. The van der Waals surface area contributed by atoms with E-state index < -0.39 is 97.7 Å². The van der Waals surface area contributed by atoms with Crippen molar-refractivity contribution in [3.8, 4) is 0 Å². The van der Waals surface area contributed by atoms with Crippen molar-refractivity contribution in [2.24, 2.45) is 0 Å². The molecule has 4 aromatic rings. The molecular weight excluding hydrogens is 696 g/mol. The van der Waals surface area contributed by atoms with Gasteiger partial charge in [0.15, 0.2) is 16.9 Å². The third-order valence-corrected chi connectivity index (χ3v) is 8.21. The number of anilines is 2. The summed E-state index contributed by atoms with van der Waals surface area (Å²) in [5, 5.41) is 3.68. The molecule has 0 radical (unpaired) electrons. The quantitative estimate of drug-likeness (QED) is 0.207. The Morgan fingerprint density at radius 2 is 0.900 bits per heavy atom. The average molecular weight is 715 g/mol. The number of Topliss-reactive ketones (excluding diaryl/α,β-unsaturated/α-hetero) is 1. The Hall–Kier alpha value is -5.35. The van der Waals surface area contributed by atoms with Gasteiger partial charge in [-0.25, -0.2) is 0 Å². The van der Waals surface area contributed by atoms with Crippen LogP contribution in [-0.4, -0.2) is 28.1 Å². The first-order valence-electron chi connectivity index (χ1n) is 14.2. The highest BCUT2D eigenvalue weighted by Crippen LogP contribution is 2.55. The number of nitrogens with one attached hydrogen (secondary N) is 2. The molecule has 17 heteroatoms. The van der Waals surface area contributed by atoms with E-state index in [1.165, 1.54) is 12.1 Å². The van der Waals surface area contributed by atoms with Crippen LogP contribution < -0.4 is 10.6 Å². The van der Waals surface area contributed by atoms with Gasteiger partial charge in [0.05, 0.1) is 33.9 Å². The van der Waals surface area contributed by atoms with Crippen LogP contribution in [0.25, 0.3) is 11.1 Å². The van der Waals surface area contributed by atoms with Gasteiger partial charge in [-0.05, 0) is 48.6 Å². The molecule has 5 nitrogen and oxygen atoms in total. The maximum atomic E-state index is 15.2. The number of alkyl halides is 12. The highest BCUT2D eigenvalue weighted by molar-refractivity contribution is 6.44. The lowest BCUT2D eigenvalue weighted by atomic mass is 9.77. The van der Waals surface area contributed by atoms with Gasteiger partial charge in [-0.15, -0.1) is 0 Å². The minimum absolute atomic E-state index is 0.173. The zero-order valence-corrected chi connectivity index (χ0v) is 24.6. The normalized spacial score (nSPS) is 20.8. The van der Waals surface area contributed by atoms with Crippen molar-refractivity contribution < 1.29 is 57.5 Å². The number of carbonyl (C=O) groups is 1. The van der Waals surface area contributed by atoms with E-state index in [1.807, 2.05) is 10.6 Å². The topological polar surface area (TPSA) is 66.9 Å². The molecule has 0 spiro atoms. The van der Waals surface area contributed by atoms with Crippen molar-refractivity contribution in [3.05, 3.63) is 131 Å². The molecule has 50 heavy (non-hydrogen) atoms. The summed E-state index contributed by atoms with van der Waals surface area (Å²) < 4.78 is 177. The van der Waals surface area contributed by atoms with E-state index in [9.17, 15) is 31.1 Å². The number of fused-ring (bicyclic) bond motifs is 2. The van der Waals surface area contributed by atoms with Gasteiger partial charge in [-0.3, -0.25) is 14.8 Å². The molecule has 2 N–H and O–H groups in total. The van der Waals surface area contributed by atoms with Crippen LogP contribution in [0.5, 0.6) is 0 Å². The molecule has 2 atom stereocenters. The number of allylic oxidation sites excluding steroid dienone is 2. The Morgan fingerprint density at radius 1 is 0.520 bits per heavy atom. The highest BCUT2D eigenvalue weighted by atomic mass is 19.4. The molecular formula is C33H18F12N4O. The number of hydrogen-bond donors (Lipinski definition) is 2. The first-order valence-corrected chi connectivity index (χ1v) is 14.2. The highest BCUT2D eigenvalue weighted by Gasteiger charge is 2.61. The minimum Gasteiger partial charge on any atom is -0.362 e. The summed E-state index contributed by atoms with van der Waals surface area (Å²) in [5.74, 6) is -1.75. The Balaban J connectivity index is 1.73. The lowest BCUT2D eigenvalue weighted by Gasteiger charge is -2.41. The van der Waals surface area contributed by atoms with Gasteiger partial charge in [-0.2, -0.15) is 52.7 Å². The van der Waals surface area contributed by atoms with Crippen LogP contribution in [0, 0.1) is 0 Å². The second kappa shape index (κ2) is 11.3. The lowest BCUT2D eigenvalue weighted by Crippen LogP contribution is -2.51. The van der Waals surface area contributed by atoms with Gasteiger partial charge in [0, 0.05) is 34.7 Å².